The van der Waals surface area contributed by atoms with E-state index in [0.717, 1.165) is 25.9 Å². The minimum Gasteiger partial charge on any atom is -0.430 e. The summed E-state index contributed by atoms with van der Waals surface area (Å²) in [5.41, 5.74) is 0. The van der Waals surface area contributed by atoms with Gasteiger partial charge in [-0.05, 0) is 25.9 Å². The molecule has 5 heteroatoms. The van der Waals surface area contributed by atoms with Crippen LogP contribution >= 0.6 is 0 Å². The van der Waals surface area contributed by atoms with Crippen LogP contribution < -0.4 is 5.32 Å². The second-order valence-electron chi connectivity index (χ2n) is 2.87. The number of hydrogen-bond acceptors (Lipinski definition) is 5. The number of hydrogen-bond donors (Lipinski definition) is 1. The number of piperidine rings is 1. The van der Waals surface area contributed by atoms with Gasteiger partial charge in [-0.25, -0.2) is 0 Å². The molecule has 0 amide bonds. The Morgan fingerprint density at radius 1 is 1.46 bits per heavy atom. The van der Waals surface area contributed by atoms with Crippen molar-refractivity contribution in [1.29, 1.82) is 0 Å². The summed E-state index contributed by atoms with van der Waals surface area (Å²) >= 11 is 0. The van der Waals surface area contributed by atoms with Crippen molar-refractivity contribution in [2.24, 2.45) is 5.92 Å². The number of nitrogens with one attached hydrogen (secondary N) is 1. The lowest BCUT2D eigenvalue weighted by Crippen LogP contribution is -2.33. The topological polar surface area (TPSA) is 64.6 Å². The van der Waals surface area contributed by atoms with Crippen LogP contribution in [0.4, 0.5) is 0 Å². The number of ether oxygens (including phenoxy) is 2. The molecular weight excluding hydrogens is 174 g/mol. The molecule has 0 radical (unpaired) electrons. The van der Waals surface area contributed by atoms with E-state index in [1.54, 1.807) is 0 Å². The molecule has 13 heavy (non-hydrogen) atoms. The molecule has 0 spiro atoms. The first-order chi connectivity index (χ1) is 6.34. The maximum Gasteiger partial charge on any atom is 0.311 e. The number of carbonyl (C=O) groups is 2. The van der Waals surface area contributed by atoms with Crippen LogP contribution in [-0.2, 0) is 19.1 Å². The van der Waals surface area contributed by atoms with Crippen LogP contribution in [-0.4, -0.2) is 32.3 Å². The molecule has 1 aliphatic heterocycles. The molecule has 1 fully saturated rings. The maximum absolute atomic E-state index is 11.2. The van der Waals surface area contributed by atoms with Gasteiger partial charge in [-0.3, -0.25) is 9.59 Å². The van der Waals surface area contributed by atoms with E-state index in [0.29, 0.717) is 0 Å². The van der Waals surface area contributed by atoms with Crippen LogP contribution in [0, 0.1) is 5.92 Å². The van der Waals surface area contributed by atoms with Crippen LogP contribution in [0.15, 0.2) is 0 Å². The molecule has 0 bridgehead atoms. The Morgan fingerprint density at radius 2 is 2.15 bits per heavy atom. The summed E-state index contributed by atoms with van der Waals surface area (Å²) < 4.78 is 8.96. The van der Waals surface area contributed by atoms with Crippen molar-refractivity contribution in [1.82, 2.24) is 5.32 Å². The zero-order valence-electron chi connectivity index (χ0n) is 7.32. The second-order valence-corrected chi connectivity index (χ2v) is 2.87. The molecule has 5 nitrogen and oxygen atoms in total. The minimum atomic E-state index is -0.275. The lowest BCUT2D eigenvalue weighted by molar-refractivity contribution is -0.164. The zero-order chi connectivity index (χ0) is 9.52. The van der Waals surface area contributed by atoms with Gasteiger partial charge in [-0.15, -0.1) is 0 Å². The molecule has 1 saturated heterocycles. The van der Waals surface area contributed by atoms with Crippen molar-refractivity contribution < 1.29 is 19.1 Å². The van der Waals surface area contributed by atoms with Crippen molar-refractivity contribution in [3.8, 4) is 0 Å². The Hall–Kier alpha value is -1.10. The van der Waals surface area contributed by atoms with Gasteiger partial charge in [0.2, 0.25) is 6.79 Å². The first kappa shape index (κ1) is 9.98. The Balaban J connectivity index is 2.17. The van der Waals surface area contributed by atoms with Gasteiger partial charge in [0, 0.05) is 0 Å². The Labute approximate surface area is 76.4 Å². The molecule has 0 aromatic heterocycles. The van der Waals surface area contributed by atoms with Gasteiger partial charge in [-0.2, -0.15) is 0 Å². The largest absolute Gasteiger partial charge is 0.430 e. The molecule has 74 valence electrons. The third-order valence-corrected chi connectivity index (χ3v) is 2.01. The summed E-state index contributed by atoms with van der Waals surface area (Å²) in [4.78, 5) is 21.0. The highest BCUT2D eigenvalue weighted by molar-refractivity contribution is 5.72. The van der Waals surface area contributed by atoms with E-state index in [1.807, 2.05) is 0 Å². The van der Waals surface area contributed by atoms with Gasteiger partial charge < -0.3 is 14.8 Å². The average Bonchev–Trinajstić information content (AvgIpc) is 2.19. The SMILES string of the molecule is O=COCOC(=O)C1CCNCC1. The monoisotopic (exact) mass is 187 g/mol. The highest BCUT2D eigenvalue weighted by Crippen LogP contribution is 2.12. The smallest absolute Gasteiger partial charge is 0.311 e. The summed E-state index contributed by atoms with van der Waals surface area (Å²) in [6, 6.07) is 0. The first-order valence-electron chi connectivity index (χ1n) is 4.27. The van der Waals surface area contributed by atoms with Crippen molar-refractivity contribution in [2.75, 3.05) is 19.9 Å². The molecule has 1 heterocycles. The van der Waals surface area contributed by atoms with E-state index in [1.165, 1.54) is 0 Å². The van der Waals surface area contributed by atoms with Crippen molar-refractivity contribution in [2.45, 2.75) is 12.8 Å². The van der Waals surface area contributed by atoms with E-state index >= 15 is 0 Å². The van der Waals surface area contributed by atoms with E-state index in [2.05, 4.69) is 10.1 Å². The van der Waals surface area contributed by atoms with Gasteiger partial charge in [0.15, 0.2) is 0 Å². The van der Waals surface area contributed by atoms with Crippen molar-refractivity contribution >= 4 is 12.4 Å². The number of esters is 1. The number of carbonyl (C=O) groups excluding carboxylic acids is 2. The standard InChI is InChI=1S/C8H13NO4/c10-5-12-6-13-8(11)7-1-3-9-4-2-7/h5,7,9H,1-4,6H2. The minimum absolute atomic E-state index is 0.0449. The van der Waals surface area contributed by atoms with Gasteiger partial charge in [0.05, 0.1) is 5.92 Å². The summed E-state index contributed by atoms with van der Waals surface area (Å²) in [5, 5.41) is 3.14. The molecule has 0 unspecified atom stereocenters. The third-order valence-electron chi connectivity index (χ3n) is 2.01. The fourth-order valence-electron chi connectivity index (χ4n) is 1.30. The predicted octanol–water partition coefficient (Wildman–Crippen LogP) is -0.340. The van der Waals surface area contributed by atoms with E-state index in [4.69, 9.17) is 4.74 Å². The van der Waals surface area contributed by atoms with Gasteiger partial charge in [0.25, 0.3) is 6.47 Å². The van der Waals surface area contributed by atoms with Crippen molar-refractivity contribution in [3.05, 3.63) is 0 Å². The van der Waals surface area contributed by atoms with Crippen LogP contribution in [0.2, 0.25) is 0 Å². The Bertz CT molecular complexity index is 177. The van der Waals surface area contributed by atoms with E-state index in [9.17, 15) is 9.59 Å². The third kappa shape index (κ3) is 3.42. The van der Waals surface area contributed by atoms with E-state index in [-0.39, 0.29) is 25.2 Å². The van der Waals surface area contributed by atoms with Gasteiger partial charge in [-0.1, -0.05) is 0 Å². The molecule has 0 aliphatic carbocycles. The van der Waals surface area contributed by atoms with Gasteiger partial charge >= 0.3 is 5.97 Å². The average molecular weight is 187 g/mol. The lowest BCUT2D eigenvalue weighted by Gasteiger charge is -2.20. The second kappa shape index (κ2) is 5.53. The van der Waals surface area contributed by atoms with Gasteiger partial charge in [0.1, 0.15) is 0 Å². The molecule has 1 N–H and O–H groups in total. The van der Waals surface area contributed by atoms with Crippen LogP contribution in [0.3, 0.4) is 0 Å². The molecule has 0 aromatic carbocycles. The molecule has 0 aromatic rings. The maximum atomic E-state index is 11.2. The first-order valence-corrected chi connectivity index (χ1v) is 4.27. The van der Waals surface area contributed by atoms with Crippen LogP contribution in [0.25, 0.3) is 0 Å². The summed E-state index contributed by atoms with van der Waals surface area (Å²) in [7, 11) is 0. The van der Waals surface area contributed by atoms with E-state index < -0.39 is 0 Å². The fourth-order valence-corrected chi connectivity index (χ4v) is 1.30. The highest BCUT2D eigenvalue weighted by atomic mass is 16.7. The normalized spacial score (nSPS) is 17.8. The molecular formula is C8H13NO4. The lowest BCUT2D eigenvalue weighted by atomic mass is 9.99. The van der Waals surface area contributed by atoms with Crippen molar-refractivity contribution in [3.63, 3.8) is 0 Å². The van der Waals surface area contributed by atoms with Crippen LogP contribution in [0.1, 0.15) is 12.8 Å². The number of rotatable bonds is 4. The fraction of sp³-hybridized carbons (Fsp3) is 0.750. The Morgan fingerprint density at radius 3 is 2.77 bits per heavy atom. The predicted molar refractivity (Wildman–Crippen MR) is 43.7 cm³/mol. The summed E-state index contributed by atoms with van der Waals surface area (Å²) in [6.07, 6.45) is 1.58. The zero-order valence-corrected chi connectivity index (χ0v) is 7.32. The summed E-state index contributed by atoms with van der Waals surface area (Å²) in [6.45, 7) is 1.67. The van der Waals surface area contributed by atoms with Crippen LogP contribution in [0.5, 0.6) is 0 Å². The highest BCUT2D eigenvalue weighted by Gasteiger charge is 2.21. The molecule has 1 rings (SSSR count). The Kier molecular flexibility index (Phi) is 4.25. The molecule has 0 atom stereocenters. The summed E-state index contributed by atoms with van der Waals surface area (Å²) in [5.74, 6) is -0.320. The quantitative estimate of drug-likeness (QED) is 0.282. The molecule has 0 saturated carbocycles. The molecule has 1 aliphatic rings.